The highest BCUT2D eigenvalue weighted by atomic mass is 32.2. The molecule has 0 aliphatic carbocycles. The number of rotatable bonds is 6. The van der Waals surface area contributed by atoms with E-state index in [1.807, 2.05) is 54.6 Å². The molecule has 0 atom stereocenters. The fraction of sp³-hybridized carbons (Fsp3) is 0.154. The minimum absolute atomic E-state index is 0.281. The monoisotopic (exact) mass is 470 g/mol. The highest BCUT2D eigenvalue weighted by molar-refractivity contribution is 7.99. The first-order valence-electron chi connectivity index (χ1n) is 10.8. The fourth-order valence-corrected chi connectivity index (χ4v) is 4.54. The number of fused-ring (bicyclic) bond motifs is 2. The molecule has 5 rings (SSSR count). The lowest BCUT2D eigenvalue weighted by Gasteiger charge is -2.16. The van der Waals surface area contributed by atoms with Crippen LogP contribution in [0.1, 0.15) is 12.5 Å². The molecule has 7 nitrogen and oxygen atoms in total. The molecule has 0 radical (unpaired) electrons. The molecule has 2 heterocycles. The molecule has 0 spiro atoms. The maximum atomic E-state index is 13.0. The van der Waals surface area contributed by atoms with Crippen LogP contribution >= 0.6 is 11.8 Å². The van der Waals surface area contributed by atoms with Crippen LogP contribution in [-0.4, -0.2) is 46.0 Å². The Morgan fingerprint density at radius 1 is 1.06 bits per heavy atom. The maximum Gasteiger partial charge on any atom is 0.340 e. The van der Waals surface area contributed by atoms with Crippen LogP contribution in [0, 0.1) is 0 Å². The average Bonchev–Trinajstić information content (AvgIpc) is 3.30. The van der Waals surface area contributed by atoms with Crippen LogP contribution in [0.2, 0.25) is 0 Å². The number of nitrogens with zero attached hydrogens (tertiary/aromatic N) is 4. The van der Waals surface area contributed by atoms with Crippen LogP contribution in [0.25, 0.3) is 28.2 Å². The van der Waals surface area contributed by atoms with Crippen molar-refractivity contribution in [1.29, 1.82) is 0 Å². The Kier molecular flexibility index (Phi) is 6.14. The summed E-state index contributed by atoms with van der Waals surface area (Å²) in [5, 5.41) is 16.3. The van der Waals surface area contributed by atoms with Crippen molar-refractivity contribution < 1.29 is 14.3 Å². The van der Waals surface area contributed by atoms with Crippen LogP contribution < -0.4 is 4.74 Å². The summed E-state index contributed by atoms with van der Waals surface area (Å²) in [5.41, 5.74) is 2.78. The number of methoxy groups -OCH3 is 1. The topological polar surface area (TPSA) is 78.6 Å². The number of carbonyl (C=O) groups excluding carboxylic acids is 1. The highest BCUT2D eigenvalue weighted by Crippen LogP contribution is 2.30. The van der Waals surface area contributed by atoms with E-state index in [0.29, 0.717) is 28.0 Å². The second kappa shape index (κ2) is 9.52. The van der Waals surface area contributed by atoms with Gasteiger partial charge in [0.05, 0.1) is 25.0 Å². The SMILES string of the molecule is CCOC(=O)/C(=C\c1ccc2ccccc2c1)C1=Nn2c(nnc2-c2ccc(OC)cc2)SC1. The van der Waals surface area contributed by atoms with Crippen molar-refractivity contribution in [3.63, 3.8) is 0 Å². The number of ether oxygens (including phenoxy) is 2. The summed E-state index contributed by atoms with van der Waals surface area (Å²) in [6, 6.07) is 21.7. The van der Waals surface area contributed by atoms with Crippen LogP contribution in [0.5, 0.6) is 5.75 Å². The lowest BCUT2D eigenvalue weighted by atomic mass is 10.0. The summed E-state index contributed by atoms with van der Waals surface area (Å²) < 4.78 is 12.3. The summed E-state index contributed by atoms with van der Waals surface area (Å²) in [4.78, 5) is 13.0. The largest absolute Gasteiger partial charge is 0.497 e. The first-order chi connectivity index (χ1) is 16.7. The Hall–Kier alpha value is -3.91. The molecular formula is C26H22N4O3S. The zero-order valence-corrected chi connectivity index (χ0v) is 19.6. The van der Waals surface area contributed by atoms with Crippen molar-refractivity contribution in [1.82, 2.24) is 14.9 Å². The van der Waals surface area contributed by atoms with E-state index in [1.54, 1.807) is 18.7 Å². The molecule has 0 saturated heterocycles. The van der Waals surface area contributed by atoms with Crippen molar-refractivity contribution in [3.8, 4) is 17.1 Å². The first-order valence-corrected chi connectivity index (χ1v) is 11.8. The number of benzene rings is 3. The van der Waals surface area contributed by atoms with Crippen molar-refractivity contribution >= 4 is 40.3 Å². The normalized spacial score (nSPS) is 13.4. The fourth-order valence-electron chi connectivity index (χ4n) is 3.71. The van der Waals surface area contributed by atoms with E-state index in [4.69, 9.17) is 14.6 Å². The van der Waals surface area contributed by atoms with Gasteiger partial charge in [0.1, 0.15) is 5.75 Å². The van der Waals surface area contributed by atoms with Crippen LogP contribution in [0.15, 0.2) is 82.6 Å². The second-order valence-electron chi connectivity index (χ2n) is 7.57. The minimum atomic E-state index is -0.405. The lowest BCUT2D eigenvalue weighted by Crippen LogP contribution is -2.21. The summed E-state index contributed by atoms with van der Waals surface area (Å²) in [6.07, 6.45) is 1.84. The Labute approximate surface area is 201 Å². The highest BCUT2D eigenvalue weighted by Gasteiger charge is 2.25. The third-order valence-electron chi connectivity index (χ3n) is 5.41. The quantitative estimate of drug-likeness (QED) is 0.289. The van der Waals surface area contributed by atoms with Crippen LogP contribution in [-0.2, 0) is 9.53 Å². The van der Waals surface area contributed by atoms with Gasteiger partial charge in [-0.15, -0.1) is 10.2 Å². The Morgan fingerprint density at radius 3 is 2.62 bits per heavy atom. The summed E-state index contributed by atoms with van der Waals surface area (Å²) in [5.74, 6) is 1.43. The van der Waals surface area contributed by atoms with Crippen molar-refractivity contribution in [2.45, 2.75) is 12.1 Å². The lowest BCUT2D eigenvalue weighted by molar-refractivity contribution is -0.137. The molecule has 170 valence electrons. The Balaban J connectivity index is 1.57. The number of aromatic nitrogens is 3. The molecule has 1 aliphatic rings. The molecule has 0 N–H and O–H groups in total. The van der Waals surface area contributed by atoms with Gasteiger partial charge in [-0.1, -0.05) is 48.2 Å². The smallest absolute Gasteiger partial charge is 0.340 e. The molecule has 4 aromatic rings. The standard InChI is InChI=1S/C26H22N4O3S/c1-3-33-25(31)22(15-17-8-9-18-6-4-5-7-20(18)14-17)23-16-34-26-28-27-24(30(26)29-23)19-10-12-21(32-2)13-11-19/h4-15H,3,16H2,1-2H3/b22-15-. The summed E-state index contributed by atoms with van der Waals surface area (Å²) >= 11 is 1.48. The van der Waals surface area contributed by atoms with Crippen molar-refractivity contribution in [2.75, 3.05) is 19.5 Å². The molecule has 0 saturated carbocycles. The van der Waals surface area contributed by atoms with E-state index in [2.05, 4.69) is 28.4 Å². The van der Waals surface area contributed by atoms with Gasteiger partial charge in [-0.2, -0.15) is 9.78 Å². The maximum absolute atomic E-state index is 13.0. The van der Waals surface area contributed by atoms with Crippen molar-refractivity contribution in [2.24, 2.45) is 5.10 Å². The molecule has 0 amide bonds. The van der Waals surface area contributed by atoms with Crippen molar-refractivity contribution in [3.05, 3.63) is 77.9 Å². The van der Waals surface area contributed by atoms with Gasteiger partial charge >= 0.3 is 5.97 Å². The number of hydrogen-bond acceptors (Lipinski definition) is 7. The molecule has 1 aliphatic heterocycles. The predicted octanol–water partition coefficient (Wildman–Crippen LogP) is 5.06. The second-order valence-corrected chi connectivity index (χ2v) is 8.51. The Bertz CT molecular complexity index is 1420. The molecular weight excluding hydrogens is 448 g/mol. The number of carbonyl (C=O) groups is 1. The molecule has 34 heavy (non-hydrogen) atoms. The van der Waals surface area contributed by atoms with E-state index >= 15 is 0 Å². The van der Waals surface area contributed by atoms with Gasteiger partial charge in [-0.3, -0.25) is 0 Å². The molecule has 0 unspecified atom stereocenters. The van der Waals surface area contributed by atoms with E-state index in [-0.39, 0.29) is 6.61 Å². The molecule has 0 fully saturated rings. The molecule has 3 aromatic carbocycles. The van der Waals surface area contributed by atoms with Gasteiger partial charge in [-0.25, -0.2) is 4.79 Å². The minimum Gasteiger partial charge on any atom is -0.497 e. The van der Waals surface area contributed by atoms with Crippen LogP contribution in [0.3, 0.4) is 0 Å². The number of esters is 1. The summed E-state index contributed by atoms with van der Waals surface area (Å²) in [6.45, 7) is 2.08. The average molecular weight is 471 g/mol. The van der Waals surface area contributed by atoms with Gasteiger partial charge in [-0.05, 0) is 59.7 Å². The van der Waals surface area contributed by atoms with E-state index < -0.39 is 5.97 Å². The van der Waals surface area contributed by atoms with E-state index in [9.17, 15) is 4.79 Å². The van der Waals surface area contributed by atoms with Gasteiger partial charge in [0.2, 0.25) is 5.16 Å². The van der Waals surface area contributed by atoms with E-state index in [1.165, 1.54) is 11.8 Å². The number of thioether (sulfide) groups is 1. The zero-order chi connectivity index (χ0) is 23.5. The van der Waals surface area contributed by atoms with Gasteiger partial charge < -0.3 is 9.47 Å². The van der Waals surface area contributed by atoms with Gasteiger partial charge in [0.15, 0.2) is 5.82 Å². The molecule has 8 heteroatoms. The van der Waals surface area contributed by atoms with Crippen LogP contribution in [0.4, 0.5) is 0 Å². The molecule has 0 bridgehead atoms. The zero-order valence-electron chi connectivity index (χ0n) is 18.8. The van der Waals surface area contributed by atoms with Gasteiger partial charge in [0.25, 0.3) is 0 Å². The first kappa shape index (κ1) is 21.9. The third kappa shape index (κ3) is 4.32. The molecule has 1 aromatic heterocycles. The van der Waals surface area contributed by atoms with E-state index in [0.717, 1.165) is 27.6 Å². The number of hydrogen-bond donors (Lipinski definition) is 0. The predicted molar refractivity (Wildman–Crippen MR) is 134 cm³/mol. The Morgan fingerprint density at radius 2 is 1.85 bits per heavy atom. The van der Waals surface area contributed by atoms with Gasteiger partial charge in [0, 0.05) is 11.3 Å². The summed E-state index contributed by atoms with van der Waals surface area (Å²) in [7, 11) is 1.62. The third-order valence-corrected chi connectivity index (χ3v) is 6.34.